The average molecular weight is 275 g/mol. The van der Waals surface area contributed by atoms with E-state index in [4.69, 9.17) is 11.6 Å². The second-order valence-corrected chi connectivity index (χ2v) is 5.61. The number of thioether (sulfide) groups is 2. The van der Waals surface area contributed by atoms with Gasteiger partial charge in [0.25, 0.3) is 0 Å². The van der Waals surface area contributed by atoms with Crippen molar-refractivity contribution in [3.8, 4) is 0 Å². The summed E-state index contributed by atoms with van der Waals surface area (Å²) in [4.78, 5) is 12.8. The Kier molecular flexibility index (Phi) is 5.73. The van der Waals surface area contributed by atoms with Gasteiger partial charge in [-0.2, -0.15) is 0 Å². The maximum absolute atomic E-state index is 10.5. The van der Waals surface area contributed by atoms with Crippen molar-refractivity contribution in [1.29, 1.82) is 0 Å². The quantitative estimate of drug-likeness (QED) is 0.582. The molecule has 4 heteroatoms. The maximum atomic E-state index is 10.5. The van der Waals surface area contributed by atoms with E-state index in [9.17, 15) is 4.79 Å². The van der Waals surface area contributed by atoms with Crippen molar-refractivity contribution >= 4 is 41.4 Å². The molecule has 0 saturated heterocycles. The fourth-order valence-corrected chi connectivity index (χ4v) is 3.58. The van der Waals surface area contributed by atoms with E-state index in [2.05, 4.69) is 6.07 Å². The van der Waals surface area contributed by atoms with Crippen LogP contribution in [-0.4, -0.2) is 18.8 Å². The Morgan fingerprint density at radius 3 is 2.56 bits per heavy atom. The monoisotopic (exact) mass is 274 g/mol. The van der Waals surface area contributed by atoms with E-state index in [1.807, 2.05) is 25.5 Å². The Balaban J connectivity index is 3.14. The van der Waals surface area contributed by atoms with Crippen molar-refractivity contribution in [3.05, 3.63) is 22.7 Å². The van der Waals surface area contributed by atoms with Gasteiger partial charge in [-0.3, -0.25) is 0 Å². The van der Waals surface area contributed by atoms with Crippen LogP contribution in [0.15, 0.2) is 21.9 Å². The van der Waals surface area contributed by atoms with Gasteiger partial charge in [-0.15, -0.1) is 23.5 Å². The summed E-state index contributed by atoms with van der Waals surface area (Å²) in [5.74, 6) is 0.233. The van der Waals surface area contributed by atoms with Gasteiger partial charge in [0.05, 0.1) is 5.02 Å². The van der Waals surface area contributed by atoms with Gasteiger partial charge in [0.1, 0.15) is 6.29 Å². The Morgan fingerprint density at radius 2 is 2.06 bits per heavy atom. The lowest BCUT2D eigenvalue weighted by Crippen LogP contribution is -1.96. The molecule has 0 fully saturated rings. The summed E-state index contributed by atoms with van der Waals surface area (Å²) in [7, 11) is 0. The molecule has 16 heavy (non-hydrogen) atoms. The minimum absolute atomic E-state index is 0.233. The van der Waals surface area contributed by atoms with Crippen molar-refractivity contribution < 1.29 is 4.79 Å². The fourth-order valence-electron chi connectivity index (χ4n) is 1.50. The van der Waals surface area contributed by atoms with Crippen LogP contribution in [0.4, 0.5) is 0 Å². The highest BCUT2D eigenvalue weighted by molar-refractivity contribution is 8.01. The lowest BCUT2D eigenvalue weighted by atomic mass is 9.99. The zero-order chi connectivity index (χ0) is 12.1. The number of aldehydes is 1. The summed E-state index contributed by atoms with van der Waals surface area (Å²) >= 11 is 9.58. The smallest absolute Gasteiger partial charge is 0.120 e. The first-order valence-electron chi connectivity index (χ1n) is 4.99. The Labute approximate surface area is 110 Å². The first-order chi connectivity index (χ1) is 7.63. The molecule has 1 aromatic rings. The average Bonchev–Trinajstić information content (AvgIpc) is 2.28. The van der Waals surface area contributed by atoms with Gasteiger partial charge in [-0.25, -0.2) is 0 Å². The number of carbonyl (C=O) groups is 1. The normalized spacial score (nSPS) is 12.5. The van der Waals surface area contributed by atoms with Gasteiger partial charge >= 0.3 is 0 Å². The van der Waals surface area contributed by atoms with Crippen molar-refractivity contribution in [1.82, 2.24) is 0 Å². The van der Waals surface area contributed by atoms with Gasteiger partial charge in [0, 0.05) is 16.2 Å². The molecule has 1 unspecified atom stereocenters. The molecular formula is C12H15ClOS2. The lowest BCUT2D eigenvalue weighted by molar-refractivity contribution is -0.108. The number of carbonyl (C=O) groups excluding carboxylic acids is 1. The molecule has 0 aliphatic heterocycles. The summed E-state index contributed by atoms with van der Waals surface area (Å²) in [5.41, 5.74) is 1.14. The van der Waals surface area contributed by atoms with Crippen LogP contribution in [0.2, 0.25) is 5.02 Å². The van der Waals surface area contributed by atoms with Crippen LogP contribution in [0.3, 0.4) is 0 Å². The zero-order valence-electron chi connectivity index (χ0n) is 9.62. The van der Waals surface area contributed by atoms with Crippen molar-refractivity contribution in [2.45, 2.75) is 29.1 Å². The summed E-state index contributed by atoms with van der Waals surface area (Å²) in [6, 6.07) is 4.11. The van der Waals surface area contributed by atoms with E-state index in [0.29, 0.717) is 6.42 Å². The minimum Gasteiger partial charge on any atom is -0.303 e. The van der Waals surface area contributed by atoms with Crippen LogP contribution < -0.4 is 0 Å². The minimum atomic E-state index is 0.233. The molecule has 0 bridgehead atoms. The van der Waals surface area contributed by atoms with Gasteiger partial charge in [0.2, 0.25) is 0 Å². The van der Waals surface area contributed by atoms with Crippen molar-refractivity contribution in [2.75, 3.05) is 12.5 Å². The summed E-state index contributed by atoms with van der Waals surface area (Å²) in [5, 5.41) is 0.784. The van der Waals surface area contributed by atoms with E-state index >= 15 is 0 Å². The second kappa shape index (κ2) is 6.58. The van der Waals surface area contributed by atoms with Gasteiger partial charge in [0.15, 0.2) is 0 Å². The third kappa shape index (κ3) is 3.19. The Bertz CT molecular complexity index is 380. The van der Waals surface area contributed by atoms with Gasteiger partial charge in [-0.05, 0) is 36.1 Å². The Hall–Kier alpha value is -0.120. The van der Waals surface area contributed by atoms with Crippen LogP contribution in [-0.2, 0) is 4.79 Å². The van der Waals surface area contributed by atoms with Crippen LogP contribution >= 0.6 is 35.1 Å². The molecule has 0 aliphatic rings. The topological polar surface area (TPSA) is 17.1 Å². The molecule has 1 aromatic carbocycles. The third-order valence-electron chi connectivity index (χ3n) is 2.47. The fraction of sp³-hybridized carbons (Fsp3) is 0.417. The molecular weight excluding hydrogens is 260 g/mol. The van der Waals surface area contributed by atoms with Crippen LogP contribution in [0.1, 0.15) is 24.8 Å². The predicted octanol–water partition coefficient (Wildman–Crippen LogP) is 4.48. The molecule has 0 spiro atoms. The number of halogens is 1. The van der Waals surface area contributed by atoms with E-state index < -0.39 is 0 Å². The molecule has 0 aliphatic carbocycles. The molecule has 1 nitrogen and oxygen atoms in total. The van der Waals surface area contributed by atoms with Gasteiger partial charge in [-0.1, -0.05) is 18.5 Å². The van der Waals surface area contributed by atoms with Gasteiger partial charge < -0.3 is 4.79 Å². The van der Waals surface area contributed by atoms with E-state index in [1.54, 1.807) is 23.5 Å². The molecule has 0 N–H and O–H groups in total. The van der Waals surface area contributed by atoms with Crippen LogP contribution in [0.5, 0.6) is 0 Å². The number of benzene rings is 1. The summed E-state index contributed by atoms with van der Waals surface area (Å²) in [6.07, 6.45) is 5.57. The maximum Gasteiger partial charge on any atom is 0.120 e. The highest BCUT2D eigenvalue weighted by atomic mass is 35.5. The van der Waals surface area contributed by atoms with Crippen LogP contribution in [0.25, 0.3) is 0 Å². The molecule has 1 atom stereocenters. The predicted molar refractivity (Wildman–Crippen MR) is 74.1 cm³/mol. The molecule has 0 saturated carbocycles. The SMILES string of the molecule is CSc1cc(C(C)CC=O)cc(Cl)c1SC. The molecule has 0 aromatic heterocycles. The molecule has 88 valence electrons. The number of hydrogen-bond acceptors (Lipinski definition) is 3. The summed E-state index contributed by atoms with van der Waals surface area (Å²) in [6.45, 7) is 2.04. The highest BCUT2D eigenvalue weighted by Crippen LogP contribution is 2.37. The first kappa shape index (κ1) is 13.9. The number of hydrogen-bond donors (Lipinski definition) is 0. The number of rotatable bonds is 5. The zero-order valence-corrected chi connectivity index (χ0v) is 12.0. The molecule has 1 rings (SSSR count). The van der Waals surface area contributed by atoms with E-state index in [-0.39, 0.29) is 5.92 Å². The first-order valence-corrected chi connectivity index (χ1v) is 7.81. The second-order valence-electron chi connectivity index (χ2n) is 3.54. The third-order valence-corrected chi connectivity index (χ3v) is 4.62. The van der Waals surface area contributed by atoms with Crippen molar-refractivity contribution in [2.24, 2.45) is 0 Å². The molecule has 0 radical (unpaired) electrons. The largest absolute Gasteiger partial charge is 0.303 e. The highest BCUT2D eigenvalue weighted by Gasteiger charge is 2.12. The van der Waals surface area contributed by atoms with E-state index in [1.165, 1.54) is 4.90 Å². The molecule has 0 heterocycles. The lowest BCUT2D eigenvalue weighted by Gasteiger charge is -2.14. The molecule has 0 amide bonds. The summed E-state index contributed by atoms with van der Waals surface area (Å²) < 4.78 is 0. The standard InChI is InChI=1S/C12H15ClOS2/c1-8(4-5-14)9-6-10(13)12(16-3)11(7-9)15-2/h5-8H,4H2,1-3H3. The Morgan fingerprint density at radius 1 is 1.38 bits per heavy atom. The van der Waals surface area contributed by atoms with Crippen LogP contribution in [0, 0.1) is 0 Å². The van der Waals surface area contributed by atoms with E-state index in [0.717, 1.165) is 21.8 Å². The van der Waals surface area contributed by atoms with Crippen molar-refractivity contribution in [3.63, 3.8) is 0 Å².